The third-order valence-electron chi connectivity index (χ3n) is 5.13. The van der Waals surface area contributed by atoms with Gasteiger partial charge in [-0.25, -0.2) is 0 Å². The zero-order chi connectivity index (χ0) is 21.7. The second-order valence-corrected chi connectivity index (χ2v) is 7.50. The van der Waals surface area contributed by atoms with Gasteiger partial charge < -0.3 is 19.9 Å². The summed E-state index contributed by atoms with van der Waals surface area (Å²) in [6.45, 7) is 5.90. The van der Waals surface area contributed by atoms with E-state index in [0.29, 0.717) is 30.5 Å². The van der Waals surface area contributed by atoms with Gasteiger partial charge in [0.25, 0.3) is 5.91 Å². The van der Waals surface area contributed by atoms with Crippen molar-refractivity contribution in [1.82, 2.24) is 20.1 Å². The van der Waals surface area contributed by atoms with Crippen molar-refractivity contribution in [3.63, 3.8) is 0 Å². The smallest absolute Gasteiger partial charge is 0.276 e. The first kappa shape index (κ1) is 22.0. The Bertz CT molecular complexity index is 996. The minimum absolute atomic E-state index is 0.0542. The van der Waals surface area contributed by atoms with Gasteiger partial charge in [0.15, 0.2) is 5.11 Å². The largest absolute Gasteiger partial charge is 0.385 e. The molecule has 0 unspecified atom stereocenters. The number of carbonyl (C=O) groups excluding carboxylic acids is 2. The molecule has 1 aromatic carbocycles. The van der Waals surface area contributed by atoms with Crippen molar-refractivity contribution >= 4 is 46.1 Å². The predicted molar refractivity (Wildman–Crippen MR) is 122 cm³/mol. The number of methoxy groups -OCH3 is 1. The van der Waals surface area contributed by atoms with Crippen LogP contribution in [0.4, 0.5) is 0 Å². The van der Waals surface area contributed by atoms with Crippen LogP contribution in [0, 0.1) is 0 Å². The maximum atomic E-state index is 12.6. The molecule has 7 nitrogen and oxygen atoms in total. The van der Waals surface area contributed by atoms with Crippen molar-refractivity contribution in [3.8, 4) is 0 Å². The van der Waals surface area contributed by atoms with Gasteiger partial charge in [-0.15, -0.1) is 0 Å². The fourth-order valence-electron chi connectivity index (χ4n) is 3.66. The molecule has 0 atom stereocenters. The number of para-hydroxylation sites is 1. The lowest BCUT2D eigenvalue weighted by atomic mass is 10.1. The molecule has 0 aliphatic carbocycles. The molecule has 2 N–H and O–H groups in total. The molecule has 30 heavy (non-hydrogen) atoms. The number of aromatic nitrogens is 1. The number of hydrogen-bond donors (Lipinski definition) is 2. The van der Waals surface area contributed by atoms with Crippen molar-refractivity contribution in [2.75, 3.05) is 26.8 Å². The summed E-state index contributed by atoms with van der Waals surface area (Å²) in [5.74, 6) is -0.188. The molecule has 3 rings (SSSR count). The van der Waals surface area contributed by atoms with Gasteiger partial charge in [-0.05, 0) is 43.6 Å². The van der Waals surface area contributed by atoms with Crippen molar-refractivity contribution in [2.24, 2.45) is 0 Å². The van der Waals surface area contributed by atoms with E-state index in [-0.39, 0.29) is 18.4 Å². The monoisotopic (exact) mass is 428 g/mol. The number of amides is 2. The molecule has 0 radical (unpaired) electrons. The summed E-state index contributed by atoms with van der Waals surface area (Å²) in [6.07, 6.45) is 5.36. The highest BCUT2D eigenvalue weighted by Gasteiger charge is 2.29. The van der Waals surface area contributed by atoms with Crippen molar-refractivity contribution in [2.45, 2.75) is 33.2 Å². The summed E-state index contributed by atoms with van der Waals surface area (Å²) in [5.41, 5.74) is 3.50. The third kappa shape index (κ3) is 4.55. The highest BCUT2D eigenvalue weighted by molar-refractivity contribution is 7.80. The summed E-state index contributed by atoms with van der Waals surface area (Å²) < 4.78 is 6.98. The molecule has 2 amide bonds. The van der Waals surface area contributed by atoms with Gasteiger partial charge in [0.05, 0.1) is 5.52 Å². The van der Waals surface area contributed by atoms with Crippen LogP contribution in [0.15, 0.2) is 30.1 Å². The minimum atomic E-state index is -0.133. The molecule has 0 bridgehead atoms. The Balaban J connectivity index is 1.93. The van der Waals surface area contributed by atoms with E-state index in [1.54, 1.807) is 7.11 Å². The molecule has 1 saturated heterocycles. The zero-order valence-electron chi connectivity index (χ0n) is 17.7. The second kappa shape index (κ2) is 9.86. The fraction of sp³-hybridized carbons (Fsp3) is 0.409. The van der Waals surface area contributed by atoms with E-state index in [9.17, 15) is 9.59 Å². The molecule has 160 valence electrons. The number of rotatable bonds is 9. The van der Waals surface area contributed by atoms with Gasteiger partial charge in [0.2, 0.25) is 5.91 Å². The van der Waals surface area contributed by atoms with Crippen LogP contribution in [0.2, 0.25) is 0 Å². The first-order valence-corrected chi connectivity index (χ1v) is 10.6. The number of thiocarbonyl (C=S) groups is 1. The maximum Gasteiger partial charge on any atom is 0.276 e. The van der Waals surface area contributed by atoms with Crippen LogP contribution in [0.25, 0.3) is 17.0 Å². The quantitative estimate of drug-likeness (QED) is 0.365. The number of carbonyl (C=O) groups is 2. The topological polar surface area (TPSA) is 75.6 Å². The third-order valence-corrected chi connectivity index (χ3v) is 5.46. The Morgan fingerprint density at radius 2 is 2.13 bits per heavy atom. The number of benzene rings is 1. The normalized spacial score (nSPS) is 15.3. The average Bonchev–Trinajstić information content (AvgIpc) is 3.21. The van der Waals surface area contributed by atoms with Gasteiger partial charge in [-0.3, -0.25) is 14.5 Å². The molecule has 0 saturated carbocycles. The summed E-state index contributed by atoms with van der Waals surface area (Å²) in [6, 6.07) is 6.09. The molecular formula is C22H28N4O3S. The molecule has 0 spiro atoms. The van der Waals surface area contributed by atoms with Crippen LogP contribution in [0.1, 0.15) is 31.4 Å². The Hall–Kier alpha value is -2.71. The lowest BCUT2D eigenvalue weighted by molar-refractivity contribution is -0.122. The zero-order valence-corrected chi connectivity index (χ0v) is 18.5. The van der Waals surface area contributed by atoms with E-state index in [4.69, 9.17) is 17.0 Å². The molecule has 1 aliphatic rings. The average molecular weight is 429 g/mol. The number of likely N-dealkylation sites (N-methyl/N-ethyl adjacent to an activating group) is 1. The maximum absolute atomic E-state index is 12.6. The van der Waals surface area contributed by atoms with Gasteiger partial charge in [0, 0.05) is 44.0 Å². The van der Waals surface area contributed by atoms with Crippen molar-refractivity contribution in [3.05, 3.63) is 41.2 Å². The van der Waals surface area contributed by atoms with Gasteiger partial charge >= 0.3 is 0 Å². The van der Waals surface area contributed by atoms with E-state index in [2.05, 4.69) is 23.6 Å². The summed E-state index contributed by atoms with van der Waals surface area (Å²) >= 11 is 5.25. The lowest BCUT2D eigenvalue weighted by Crippen LogP contribution is -2.30. The number of aryl methyl sites for hydroxylation is 1. The lowest BCUT2D eigenvalue weighted by Gasteiger charge is -2.09. The molecule has 2 aromatic rings. The van der Waals surface area contributed by atoms with Crippen LogP contribution in [0.3, 0.4) is 0 Å². The molecule has 1 aliphatic heterocycles. The van der Waals surface area contributed by atoms with Gasteiger partial charge in [-0.2, -0.15) is 0 Å². The van der Waals surface area contributed by atoms with E-state index < -0.39 is 0 Å². The van der Waals surface area contributed by atoms with E-state index in [0.717, 1.165) is 34.9 Å². The highest BCUT2D eigenvalue weighted by atomic mass is 32.1. The number of ether oxygens (including phenoxy) is 1. The number of hydrogen-bond acceptors (Lipinski definition) is 4. The highest BCUT2D eigenvalue weighted by Crippen LogP contribution is 2.28. The van der Waals surface area contributed by atoms with Gasteiger partial charge in [0.1, 0.15) is 12.2 Å². The van der Waals surface area contributed by atoms with Crippen molar-refractivity contribution < 1.29 is 14.3 Å². The van der Waals surface area contributed by atoms with E-state index >= 15 is 0 Å². The number of nitrogens with zero attached hydrogens (tertiary/aromatic N) is 2. The fourth-order valence-corrected chi connectivity index (χ4v) is 3.98. The number of fused-ring (bicyclic) bond motifs is 1. The van der Waals surface area contributed by atoms with Crippen LogP contribution >= 0.6 is 12.2 Å². The summed E-state index contributed by atoms with van der Waals surface area (Å²) in [4.78, 5) is 26.6. The molecule has 1 aromatic heterocycles. The Kier molecular flexibility index (Phi) is 7.23. The number of nitrogens with one attached hydrogen (secondary N) is 2. The Morgan fingerprint density at radius 1 is 1.33 bits per heavy atom. The molecule has 1 fully saturated rings. The first-order chi connectivity index (χ1) is 14.5. The molecule has 8 heteroatoms. The van der Waals surface area contributed by atoms with Crippen LogP contribution in [-0.4, -0.2) is 53.2 Å². The Morgan fingerprint density at radius 3 is 2.80 bits per heavy atom. The van der Waals surface area contributed by atoms with Crippen molar-refractivity contribution in [1.29, 1.82) is 0 Å². The SMILES string of the molecule is CCc1cccc2c(C=C3NC(=S)N(CC)C3=O)cn(CC(=O)NCCCOC)c12. The minimum Gasteiger partial charge on any atom is -0.385 e. The van der Waals surface area contributed by atoms with Crippen LogP contribution in [0.5, 0.6) is 0 Å². The first-order valence-electron chi connectivity index (χ1n) is 10.2. The van der Waals surface area contributed by atoms with E-state index in [1.807, 2.05) is 35.9 Å². The van der Waals surface area contributed by atoms with Gasteiger partial charge in [-0.1, -0.05) is 25.1 Å². The standard InChI is InChI=1S/C22H28N4O3S/c1-4-15-8-6-9-17-16(12-18-21(28)26(5-2)22(30)24-18)13-25(20(15)17)14-19(27)23-10-7-11-29-3/h6,8-9,12-13H,4-5,7,10-11,14H2,1-3H3,(H,23,27)(H,24,30). The van der Waals surface area contributed by atoms with Crippen LogP contribution < -0.4 is 10.6 Å². The van der Waals surface area contributed by atoms with Crippen LogP contribution in [-0.2, 0) is 27.3 Å². The van der Waals surface area contributed by atoms with E-state index in [1.165, 1.54) is 4.90 Å². The predicted octanol–water partition coefficient (Wildman–Crippen LogP) is 2.43. The summed E-state index contributed by atoms with van der Waals surface area (Å²) in [5, 5.41) is 7.36. The Labute approximate surface area is 182 Å². The second-order valence-electron chi connectivity index (χ2n) is 7.11. The summed E-state index contributed by atoms with van der Waals surface area (Å²) in [7, 11) is 1.65. The molecular weight excluding hydrogens is 400 g/mol. The molecule has 2 heterocycles.